The van der Waals surface area contributed by atoms with Crippen LogP contribution in [-0.2, 0) is 16.0 Å². The van der Waals surface area contributed by atoms with E-state index in [0.29, 0.717) is 16.3 Å². The average molecular weight is 433 g/mol. The van der Waals surface area contributed by atoms with E-state index >= 15 is 0 Å². The highest BCUT2D eigenvalue weighted by Crippen LogP contribution is 2.23. The van der Waals surface area contributed by atoms with Crippen LogP contribution in [0.2, 0.25) is 0 Å². The Balaban J connectivity index is 1.62. The lowest BCUT2D eigenvalue weighted by atomic mass is 10.1. The van der Waals surface area contributed by atoms with Crippen molar-refractivity contribution in [2.24, 2.45) is 0 Å². The lowest BCUT2D eigenvalue weighted by Gasteiger charge is -2.19. The predicted octanol–water partition coefficient (Wildman–Crippen LogP) is 3.89. The van der Waals surface area contributed by atoms with Gasteiger partial charge in [0.15, 0.2) is 6.61 Å². The highest BCUT2D eigenvalue weighted by Gasteiger charge is 2.21. The molecule has 7 nitrogen and oxygen atoms in total. The molecule has 0 aliphatic heterocycles. The van der Waals surface area contributed by atoms with Crippen LogP contribution in [0.3, 0.4) is 0 Å². The van der Waals surface area contributed by atoms with Crippen molar-refractivity contribution in [3.63, 3.8) is 0 Å². The minimum absolute atomic E-state index is 0.184. The number of hydrogen-bond acceptors (Lipinski definition) is 6. The number of carbonyl (C=O) groups is 3. The van der Waals surface area contributed by atoms with Crippen molar-refractivity contribution < 1.29 is 19.1 Å². The molecule has 0 radical (unpaired) electrons. The average Bonchev–Trinajstić information content (AvgIpc) is 3.33. The van der Waals surface area contributed by atoms with Gasteiger partial charge in [0.05, 0.1) is 28.6 Å². The first-order valence-corrected chi connectivity index (χ1v) is 10.2. The Bertz CT molecular complexity index is 1120. The first-order chi connectivity index (χ1) is 15.0. The van der Waals surface area contributed by atoms with E-state index in [1.54, 1.807) is 73.1 Å². The van der Waals surface area contributed by atoms with E-state index in [-0.39, 0.29) is 17.9 Å². The second kappa shape index (κ2) is 10.2. The SMILES string of the molecule is CN(C(=O)c1cccs1)c1ccccc1C(=O)OCC(=O)Nc1ccc(CC#N)cc1. The molecule has 2 aromatic carbocycles. The quantitative estimate of drug-likeness (QED) is 0.570. The maximum Gasteiger partial charge on any atom is 0.340 e. The van der Waals surface area contributed by atoms with Gasteiger partial charge in [-0.1, -0.05) is 30.3 Å². The van der Waals surface area contributed by atoms with Crippen LogP contribution < -0.4 is 10.2 Å². The molecule has 31 heavy (non-hydrogen) atoms. The second-order valence-electron chi connectivity index (χ2n) is 6.51. The summed E-state index contributed by atoms with van der Waals surface area (Å²) in [6.45, 7) is -0.476. The third kappa shape index (κ3) is 5.56. The Labute approximate surface area is 183 Å². The number of amides is 2. The number of nitriles is 1. The molecule has 8 heteroatoms. The number of nitrogens with zero attached hydrogens (tertiary/aromatic N) is 2. The van der Waals surface area contributed by atoms with Gasteiger partial charge < -0.3 is 15.0 Å². The summed E-state index contributed by atoms with van der Waals surface area (Å²) in [5.74, 6) is -1.45. The van der Waals surface area contributed by atoms with Crippen molar-refractivity contribution in [1.82, 2.24) is 0 Å². The molecule has 0 unspecified atom stereocenters. The number of esters is 1. The maximum absolute atomic E-state index is 12.6. The Morgan fingerprint density at radius 1 is 1.06 bits per heavy atom. The van der Waals surface area contributed by atoms with Crippen molar-refractivity contribution >= 4 is 40.5 Å². The number of hydrogen-bond donors (Lipinski definition) is 1. The van der Waals surface area contributed by atoms with E-state index in [1.807, 2.05) is 0 Å². The molecular weight excluding hydrogens is 414 g/mol. The molecule has 2 amide bonds. The summed E-state index contributed by atoms with van der Waals surface area (Å²) in [4.78, 5) is 39.3. The molecule has 0 saturated carbocycles. The molecule has 3 rings (SSSR count). The smallest absolute Gasteiger partial charge is 0.340 e. The summed E-state index contributed by atoms with van der Waals surface area (Å²) in [6, 6.07) is 18.9. The molecule has 0 fully saturated rings. The summed E-state index contributed by atoms with van der Waals surface area (Å²) < 4.78 is 5.16. The van der Waals surface area contributed by atoms with Crippen molar-refractivity contribution in [3.05, 3.63) is 82.0 Å². The summed E-state index contributed by atoms with van der Waals surface area (Å²) >= 11 is 1.31. The lowest BCUT2D eigenvalue weighted by Crippen LogP contribution is -2.28. The number of anilines is 2. The molecule has 0 bridgehead atoms. The fourth-order valence-corrected chi connectivity index (χ4v) is 3.52. The second-order valence-corrected chi connectivity index (χ2v) is 7.46. The third-order valence-corrected chi connectivity index (χ3v) is 5.24. The summed E-state index contributed by atoms with van der Waals surface area (Å²) in [7, 11) is 1.58. The van der Waals surface area contributed by atoms with Gasteiger partial charge in [-0.15, -0.1) is 11.3 Å². The van der Waals surface area contributed by atoms with E-state index in [4.69, 9.17) is 10.00 Å². The molecule has 0 aliphatic rings. The molecular formula is C23H19N3O4S. The van der Waals surface area contributed by atoms with Crippen LogP contribution in [0.4, 0.5) is 11.4 Å². The van der Waals surface area contributed by atoms with Crippen LogP contribution in [0.25, 0.3) is 0 Å². The molecule has 3 aromatic rings. The van der Waals surface area contributed by atoms with Gasteiger partial charge in [-0.05, 0) is 41.3 Å². The minimum Gasteiger partial charge on any atom is -0.452 e. The third-order valence-electron chi connectivity index (χ3n) is 4.38. The van der Waals surface area contributed by atoms with E-state index < -0.39 is 18.5 Å². The Morgan fingerprint density at radius 3 is 2.48 bits per heavy atom. The number of nitrogens with one attached hydrogen (secondary N) is 1. The highest BCUT2D eigenvalue weighted by molar-refractivity contribution is 7.12. The van der Waals surface area contributed by atoms with Crippen LogP contribution in [0, 0.1) is 11.3 Å². The minimum atomic E-state index is -0.707. The number of ether oxygens (including phenoxy) is 1. The first kappa shape index (κ1) is 21.7. The van der Waals surface area contributed by atoms with Gasteiger partial charge in [-0.2, -0.15) is 5.26 Å². The first-order valence-electron chi connectivity index (χ1n) is 9.33. The fraction of sp³-hybridized carbons (Fsp3) is 0.130. The van der Waals surface area contributed by atoms with Crippen LogP contribution in [0.1, 0.15) is 25.6 Å². The molecule has 156 valence electrons. The molecule has 0 aliphatic carbocycles. The largest absolute Gasteiger partial charge is 0.452 e. The fourth-order valence-electron chi connectivity index (χ4n) is 2.82. The van der Waals surface area contributed by atoms with Crippen molar-refractivity contribution in [2.45, 2.75) is 6.42 Å². The van der Waals surface area contributed by atoms with Crippen molar-refractivity contribution in [2.75, 3.05) is 23.9 Å². The normalized spacial score (nSPS) is 10.1. The molecule has 1 N–H and O–H groups in total. The van der Waals surface area contributed by atoms with Gasteiger partial charge in [0, 0.05) is 12.7 Å². The van der Waals surface area contributed by atoms with Gasteiger partial charge in [0.2, 0.25) is 0 Å². The van der Waals surface area contributed by atoms with Gasteiger partial charge in [0.25, 0.3) is 11.8 Å². The summed E-state index contributed by atoms with van der Waals surface area (Å²) in [5, 5.41) is 13.1. The van der Waals surface area contributed by atoms with Gasteiger partial charge in [-0.3, -0.25) is 9.59 Å². The van der Waals surface area contributed by atoms with Gasteiger partial charge in [-0.25, -0.2) is 4.79 Å². The van der Waals surface area contributed by atoms with Crippen LogP contribution in [0.15, 0.2) is 66.0 Å². The van der Waals surface area contributed by atoms with E-state index in [1.165, 1.54) is 16.2 Å². The van der Waals surface area contributed by atoms with E-state index in [9.17, 15) is 14.4 Å². The zero-order chi connectivity index (χ0) is 22.2. The van der Waals surface area contributed by atoms with Gasteiger partial charge >= 0.3 is 5.97 Å². The number of carbonyl (C=O) groups excluding carboxylic acids is 3. The van der Waals surface area contributed by atoms with E-state index in [2.05, 4.69) is 11.4 Å². The topological polar surface area (TPSA) is 99.5 Å². The molecule has 1 heterocycles. The summed E-state index contributed by atoms with van der Waals surface area (Å²) in [5.41, 5.74) is 1.94. The van der Waals surface area contributed by atoms with E-state index in [0.717, 1.165) is 5.56 Å². The molecule has 0 saturated heterocycles. The monoisotopic (exact) mass is 433 g/mol. The van der Waals surface area contributed by atoms with Crippen LogP contribution >= 0.6 is 11.3 Å². The maximum atomic E-state index is 12.6. The Morgan fingerprint density at radius 2 is 1.81 bits per heavy atom. The Hall–Kier alpha value is -3.96. The molecule has 0 atom stereocenters. The Kier molecular flexibility index (Phi) is 7.14. The van der Waals surface area contributed by atoms with Crippen LogP contribution in [-0.4, -0.2) is 31.4 Å². The van der Waals surface area contributed by atoms with Gasteiger partial charge in [0.1, 0.15) is 0 Å². The van der Waals surface area contributed by atoms with Crippen molar-refractivity contribution in [3.8, 4) is 6.07 Å². The standard InChI is InChI=1S/C23H19N3O4S/c1-26(22(28)20-7-4-14-31-20)19-6-3-2-5-18(19)23(29)30-15-21(27)25-17-10-8-16(9-11-17)12-13-24/h2-11,14H,12,15H2,1H3,(H,25,27). The number of rotatable bonds is 7. The zero-order valence-electron chi connectivity index (χ0n) is 16.7. The highest BCUT2D eigenvalue weighted by atomic mass is 32.1. The molecule has 1 aromatic heterocycles. The lowest BCUT2D eigenvalue weighted by molar-refractivity contribution is -0.119. The van der Waals surface area contributed by atoms with Crippen LogP contribution in [0.5, 0.6) is 0 Å². The van der Waals surface area contributed by atoms with Crippen molar-refractivity contribution in [1.29, 1.82) is 5.26 Å². The number of para-hydroxylation sites is 1. The summed E-state index contributed by atoms with van der Waals surface area (Å²) in [6.07, 6.45) is 0.286. The molecule has 0 spiro atoms. The zero-order valence-corrected chi connectivity index (χ0v) is 17.5. The number of thiophene rings is 1. The predicted molar refractivity (Wildman–Crippen MR) is 118 cm³/mol. The number of benzene rings is 2.